The van der Waals surface area contributed by atoms with Crippen molar-refractivity contribution in [3.05, 3.63) is 28.8 Å². The van der Waals surface area contributed by atoms with Gasteiger partial charge in [-0.3, -0.25) is 0 Å². The number of hydrogen-bond acceptors (Lipinski definition) is 2. The maximum Gasteiger partial charge on any atom is 0.122 e. The van der Waals surface area contributed by atoms with Gasteiger partial charge in [-0.2, -0.15) is 0 Å². The fourth-order valence-corrected chi connectivity index (χ4v) is 1.97. The molecule has 0 aliphatic carbocycles. The number of hydrogen-bond donors (Lipinski definition) is 1. The topological polar surface area (TPSA) is 35.2 Å². The fourth-order valence-electron chi connectivity index (χ4n) is 1.77. The first-order valence-corrected chi connectivity index (χ1v) is 6.07. The minimum Gasteiger partial charge on any atom is -0.496 e. The molecule has 1 aromatic rings. The van der Waals surface area contributed by atoms with E-state index in [-0.39, 0.29) is 0 Å². The molecule has 3 heteroatoms. The van der Waals surface area contributed by atoms with E-state index in [1.807, 2.05) is 18.2 Å². The van der Waals surface area contributed by atoms with E-state index in [4.69, 9.17) is 22.1 Å². The Morgan fingerprint density at radius 2 is 2.12 bits per heavy atom. The molecule has 90 valence electrons. The van der Waals surface area contributed by atoms with E-state index in [2.05, 4.69) is 6.92 Å². The summed E-state index contributed by atoms with van der Waals surface area (Å²) >= 11 is 5.97. The smallest absolute Gasteiger partial charge is 0.122 e. The maximum atomic E-state index is 5.97. The van der Waals surface area contributed by atoms with Crippen LogP contribution in [0.3, 0.4) is 0 Å². The van der Waals surface area contributed by atoms with Crippen LogP contribution in [0.2, 0.25) is 5.02 Å². The predicted octanol–water partition coefficient (Wildman–Crippen LogP) is 3.27. The fraction of sp³-hybridized carbons (Fsp3) is 0.538. The summed E-state index contributed by atoms with van der Waals surface area (Å²) in [5.74, 6) is 1.57. The summed E-state index contributed by atoms with van der Waals surface area (Å²) < 4.78 is 5.31. The predicted molar refractivity (Wildman–Crippen MR) is 69.2 cm³/mol. The van der Waals surface area contributed by atoms with Crippen LogP contribution in [-0.4, -0.2) is 13.7 Å². The van der Waals surface area contributed by atoms with E-state index in [1.54, 1.807) is 7.11 Å². The number of rotatable bonds is 6. The Labute approximate surface area is 103 Å². The number of halogens is 1. The highest BCUT2D eigenvalue weighted by Gasteiger charge is 2.06. The molecule has 0 bridgehead atoms. The van der Waals surface area contributed by atoms with Crippen LogP contribution in [0, 0.1) is 5.92 Å². The van der Waals surface area contributed by atoms with E-state index in [9.17, 15) is 0 Å². The van der Waals surface area contributed by atoms with E-state index in [1.165, 1.54) is 5.56 Å². The van der Waals surface area contributed by atoms with Gasteiger partial charge < -0.3 is 10.5 Å². The van der Waals surface area contributed by atoms with Crippen molar-refractivity contribution < 1.29 is 4.74 Å². The lowest BCUT2D eigenvalue weighted by atomic mass is 9.98. The van der Waals surface area contributed by atoms with Gasteiger partial charge in [-0.25, -0.2) is 0 Å². The summed E-state index contributed by atoms with van der Waals surface area (Å²) in [4.78, 5) is 0. The quantitative estimate of drug-likeness (QED) is 0.830. The van der Waals surface area contributed by atoms with Gasteiger partial charge >= 0.3 is 0 Å². The average Bonchev–Trinajstić information content (AvgIpc) is 2.27. The molecule has 0 heterocycles. The first-order chi connectivity index (χ1) is 7.67. The van der Waals surface area contributed by atoms with Gasteiger partial charge in [0, 0.05) is 5.02 Å². The van der Waals surface area contributed by atoms with Gasteiger partial charge in [-0.05, 0) is 55.5 Å². The van der Waals surface area contributed by atoms with Crippen LogP contribution in [0.5, 0.6) is 5.75 Å². The molecule has 1 aromatic carbocycles. The van der Waals surface area contributed by atoms with Crippen molar-refractivity contribution in [2.45, 2.75) is 26.2 Å². The van der Waals surface area contributed by atoms with Crippen LogP contribution in [-0.2, 0) is 6.42 Å². The van der Waals surface area contributed by atoms with E-state index in [0.717, 1.165) is 36.6 Å². The summed E-state index contributed by atoms with van der Waals surface area (Å²) in [6, 6.07) is 5.76. The molecule has 0 saturated carbocycles. The standard InChI is InChI=1S/C13H20ClNO/c1-10(7-8-15)3-4-11-9-12(14)5-6-13(11)16-2/h5-6,9-10H,3-4,7-8,15H2,1-2H3. The van der Waals surface area contributed by atoms with Crippen molar-refractivity contribution >= 4 is 11.6 Å². The second kappa shape index (κ2) is 6.77. The van der Waals surface area contributed by atoms with Gasteiger partial charge in [-0.1, -0.05) is 18.5 Å². The minimum atomic E-state index is 0.647. The number of methoxy groups -OCH3 is 1. The Balaban J connectivity index is 2.61. The van der Waals surface area contributed by atoms with Gasteiger partial charge in [0.25, 0.3) is 0 Å². The molecular weight excluding hydrogens is 222 g/mol. The van der Waals surface area contributed by atoms with E-state index in [0.29, 0.717) is 5.92 Å². The highest BCUT2D eigenvalue weighted by atomic mass is 35.5. The molecule has 0 saturated heterocycles. The van der Waals surface area contributed by atoms with Gasteiger partial charge in [0.2, 0.25) is 0 Å². The van der Waals surface area contributed by atoms with Crippen molar-refractivity contribution in [2.75, 3.05) is 13.7 Å². The first-order valence-electron chi connectivity index (χ1n) is 5.70. The minimum absolute atomic E-state index is 0.647. The molecule has 0 aliphatic rings. The Morgan fingerprint density at radius 3 is 2.75 bits per heavy atom. The van der Waals surface area contributed by atoms with Crippen LogP contribution in [0.1, 0.15) is 25.3 Å². The Kier molecular flexibility index (Phi) is 5.64. The maximum absolute atomic E-state index is 5.97. The zero-order chi connectivity index (χ0) is 12.0. The lowest BCUT2D eigenvalue weighted by Crippen LogP contribution is -2.06. The summed E-state index contributed by atoms with van der Waals surface area (Å²) in [5.41, 5.74) is 6.71. The highest BCUT2D eigenvalue weighted by molar-refractivity contribution is 6.30. The summed E-state index contributed by atoms with van der Waals surface area (Å²) in [7, 11) is 1.69. The molecule has 0 fully saturated rings. The van der Waals surface area contributed by atoms with E-state index >= 15 is 0 Å². The SMILES string of the molecule is COc1ccc(Cl)cc1CCC(C)CCN. The van der Waals surface area contributed by atoms with Gasteiger partial charge in [-0.15, -0.1) is 0 Å². The van der Waals surface area contributed by atoms with Crippen LogP contribution in [0.25, 0.3) is 0 Å². The first kappa shape index (κ1) is 13.3. The summed E-state index contributed by atoms with van der Waals surface area (Å²) in [5, 5.41) is 0.766. The molecule has 0 radical (unpaired) electrons. The van der Waals surface area contributed by atoms with Crippen molar-refractivity contribution in [3.8, 4) is 5.75 Å². The van der Waals surface area contributed by atoms with Crippen LogP contribution >= 0.6 is 11.6 Å². The van der Waals surface area contributed by atoms with Crippen molar-refractivity contribution in [2.24, 2.45) is 11.7 Å². The number of nitrogens with two attached hydrogens (primary N) is 1. The molecule has 2 N–H and O–H groups in total. The monoisotopic (exact) mass is 241 g/mol. The van der Waals surface area contributed by atoms with Crippen molar-refractivity contribution in [3.63, 3.8) is 0 Å². The van der Waals surface area contributed by atoms with Crippen molar-refractivity contribution in [1.82, 2.24) is 0 Å². The summed E-state index contributed by atoms with van der Waals surface area (Å²) in [6.45, 7) is 2.98. The Morgan fingerprint density at radius 1 is 1.38 bits per heavy atom. The third-order valence-corrected chi connectivity index (χ3v) is 3.04. The normalized spacial score (nSPS) is 12.5. The Bertz CT molecular complexity index is 328. The molecule has 0 amide bonds. The highest BCUT2D eigenvalue weighted by Crippen LogP contribution is 2.25. The zero-order valence-electron chi connectivity index (χ0n) is 10.0. The lowest BCUT2D eigenvalue weighted by molar-refractivity contribution is 0.406. The zero-order valence-corrected chi connectivity index (χ0v) is 10.8. The molecule has 1 rings (SSSR count). The average molecular weight is 242 g/mol. The number of benzene rings is 1. The molecule has 0 spiro atoms. The largest absolute Gasteiger partial charge is 0.496 e. The molecule has 2 nitrogen and oxygen atoms in total. The van der Waals surface area contributed by atoms with Crippen LogP contribution in [0.4, 0.5) is 0 Å². The third kappa shape index (κ3) is 4.03. The molecular formula is C13H20ClNO. The second-order valence-electron chi connectivity index (χ2n) is 4.18. The molecule has 1 unspecified atom stereocenters. The lowest BCUT2D eigenvalue weighted by Gasteiger charge is -2.12. The van der Waals surface area contributed by atoms with Crippen LogP contribution in [0.15, 0.2) is 18.2 Å². The molecule has 0 aliphatic heterocycles. The van der Waals surface area contributed by atoms with Crippen molar-refractivity contribution in [1.29, 1.82) is 0 Å². The third-order valence-electron chi connectivity index (χ3n) is 2.81. The Hall–Kier alpha value is -0.730. The summed E-state index contributed by atoms with van der Waals surface area (Å²) in [6.07, 6.45) is 3.18. The molecule has 1 atom stereocenters. The van der Waals surface area contributed by atoms with E-state index < -0.39 is 0 Å². The van der Waals surface area contributed by atoms with Gasteiger partial charge in [0.05, 0.1) is 7.11 Å². The molecule has 16 heavy (non-hydrogen) atoms. The van der Waals surface area contributed by atoms with Gasteiger partial charge in [0.15, 0.2) is 0 Å². The number of ether oxygens (including phenoxy) is 1. The van der Waals surface area contributed by atoms with Gasteiger partial charge in [0.1, 0.15) is 5.75 Å². The van der Waals surface area contributed by atoms with Crippen LogP contribution < -0.4 is 10.5 Å². The molecule has 0 aromatic heterocycles. The second-order valence-corrected chi connectivity index (χ2v) is 4.61. The number of aryl methyl sites for hydroxylation is 1.